The number of hydrogen-bond acceptors (Lipinski definition) is 5. The van der Waals surface area contributed by atoms with E-state index in [2.05, 4.69) is 15.2 Å². The first kappa shape index (κ1) is 12.6. The third-order valence-electron chi connectivity index (χ3n) is 2.40. The van der Waals surface area contributed by atoms with Crippen LogP contribution in [0.25, 0.3) is 0 Å². The van der Waals surface area contributed by atoms with Crippen molar-refractivity contribution in [2.45, 2.75) is 12.2 Å². The molecule has 2 heterocycles. The van der Waals surface area contributed by atoms with Crippen molar-refractivity contribution in [3.63, 3.8) is 0 Å². The molecule has 0 amide bonds. The van der Waals surface area contributed by atoms with E-state index in [-0.39, 0.29) is 11.7 Å². The van der Waals surface area contributed by atoms with Gasteiger partial charge in [0.1, 0.15) is 5.69 Å². The van der Waals surface area contributed by atoms with Crippen molar-refractivity contribution in [3.8, 4) is 0 Å². The van der Waals surface area contributed by atoms with Crippen LogP contribution in [0.3, 0.4) is 0 Å². The second kappa shape index (κ2) is 4.41. The Hall–Kier alpha value is -1.90. The summed E-state index contributed by atoms with van der Waals surface area (Å²) in [7, 11) is 0. The monoisotopic (exact) mass is 263 g/mol. The first-order valence-corrected chi connectivity index (χ1v) is 4.97. The molecule has 0 radical (unpaired) electrons. The zero-order valence-electron chi connectivity index (χ0n) is 8.90. The maximum Gasteiger partial charge on any atom is 0.491 e. The Morgan fingerprint density at radius 3 is 2.61 bits per heavy atom. The number of alkyl halides is 3. The molecule has 2 rings (SSSR count). The van der Waals surface area contributed by atoms with Crippen LogP contribution in [-0.2, 0) is 9.53 Å². The van der Waals surface area contributed by atoms with E-state index in [1.807, 2.05) is 0 Å². The quantitative estimate of drug-likeness (QED) is 0.612. The van der Waals surface area contributed by atoms with Crippen LogP contribution in [0.5, 0.6) is 0 Å². The van der Waals surface area contributed by atoms with Gasteiger partial charge in [0.15, 0.2) is 0 Å². The van der Waals surface area contributed by atoms with Crippen molar-refractivity contribution in [1.82, 2.24) is 15.1 Å². The van der Waals surface area contributed by atoms with Crippen molar-refractivity contribution in [3.05, 3.63) is 18.0 Å². The molecule has 1 saturated heterocycles. The fourth-order valence-electron chi connectivity index (χ4n) is 1.41. The van der Waals surface area contributed by atoms with Crippen LogP contribution in [0, 0.1) is 0 Å². The van der Waals surface area contributed by atoms with Crippen molar-refractivity contribution in [1.29, 1.82) is 0 Å². The van der Waals surface area contributed by atoms with E-state index < -0.39 is 18.1 Å². The van der Waals surface area contributed by atoms with Gasteiger partial charge in [0.2, 0.25) is 0 Å². The molecule has 1 aromatic heterocycles. The van der Waals surface area contributed by atoms with Crippen LogP contribution in [0.15, 0.2) is 12.3 Å². The number of ether oxygens (including phenoxy) is 1. The first-order valence-electron chi connectivity index (χ1n) is 4.97. The second-order valence-corrected chi connectivity index (χ2v) is 3.65. The zero-order chi connectivity index (χ0) is 13.3. The van der Waals surface area contributed by atoms with Crippen molar-refractivity contribution >= 4 is 11.9 Å². The molecule has 1 aromatic rings. The number of carbonyl (C=O) groups excluding carboxylic acids is 2. The van der Waals surface area contributed by atoms with Crippen LogP contribution in [0.2, 0.25) is 0 Å². The fraction of sp³-hybridized carbons (Fsp3) is 0.444. The number of hydrogen-bond donors (Lipinski definition) is 1. The minimum absolute atomic E-state index is 0.122. The van der Waals surface area contributed by atoms with Gasteiger partial charge in [-0.15, -0.1) is 0 Å². The van der Waals surface area contributed by atoms with E-state index in [0.29, 0.717) is 13.1 Å². The minimum Gasteiger partial charge on any atom is -0.381 e. The summed E-state index contributed by atoms with van der Waals surface area (Å²) < 4.78 is 40.8. The summed E-state index contributed by atoms with van der Waals surface area (Å²) in [6.07, 6.45) is -3.94. The molecule has 0 saturated carbocycles. The molecule has 9 heteroatoms. The molecule has 98 valence electrons. The molecule has 0 atom stereocenters. The van der Waals surface area contributed by atoms with Gasteiger partial charge in [0.05, 0.1) is 6.04 Å². The van der Waals surface area contributed by atoms with Crippen LogP contribution < -0.4 is 5.32 Å². The highest BCUT2D eigenvalue weighted by Gasteiger charge is 2.43. The molecule has 1 N–H and O–H groups in total. The third kappa shape index (κ3) is 2.35. The van der Waals surface area contributed by atoms with Crippen LogP contribution in [-0.4, -0.2) is 41.0 Å². The predicted octanol–water partition coefficient (Wildman–Crippen LogP) is 0.273. The zero-order valence-corrected chi connectivity index (χ0v) is 8.90. The van der Waals surface area contributed by atoms with Gasteiger partial charge in [-0.3, -0.25) is 4.68 Å². The van der Waals surface area contributed by atoms with Crippen molar-refractivity contribution in [2.24, 2.45) is 0 Å². The summed E-state index contributed by atoms with van der Waals surface area (Å²) in [5, 5.41) is 6.73. The Balaban J connectivity index is 2.10. The van der Waals surface area contributed by atoms with Crippen molar-refractivity contribution < 1.29 is 27.5 Å². The SMILES string of the molecule is O=C(OC(=O)C(F)(F)F)c1ccnn1C1CNC1. The molecular formula is C9H8F3N3O3. The Kier molecular flexibility index (Phi) is 3.07. The van der Waals surface area contributed by atoms with E-state index in [9.17, 15) is 22.8 Å². The highest BCUT2D eigenvalue weighted by atomic mass is 19.4. The third-order valence-corrected chi connectivity index (χ3v) is 2.40. The Bertz CT molecular complexity index is 479. The van der Waals surface area contributed by atoms with Crippen LogP contribution >= 0.6 is 0 Å². The lowest BCUT2D eigenvalue weighted by atomic mass is 10.2. The van der Waals surface area contributed by atoms with Gasteiger partial charge in [-0.05, 0) is 6.07 Å². The molecule has 1 aliphatic rings. The van der Waals surface area contributed by atoms with Crippen LogP contribution in [0.1, 0.15) is 16.5 Å². The summed E-state index contributed by atoms with van der Waals surface area (Å²) >= 11 is 0. The molecule has 1 fully saturated rings. The van der Waals surface area contributed by atoms with Gasteiger partial charge < -0.3 is 10.1 Å². The number of carbonyl (C=O) groups is 2. The van der Waals surface area contributed by atoms with Crippen molar-refractivity contribution in [2.75, 3.05) is 13.1 Å². The fourth-order valence-corrected chi connectivity index (χ4v) is 1.41. The maximum atomic E-state index is 11.9. The number of halogens is 3. The topological polar surface area (TPSA) is 73.2 Å². The Morgan fingerprint density at radius 2 is 2.11 bits per heavy atom. The summed E-state index contributed by atoms with van der Waals surface area (Å²) in [6.45, 7) is 1.10. The summed E-state index contributed by atoms with van der Waals surface area (Å²) in [6, 6.07) is 1.08. The van der Waals surface area contributed by atoms with Crippen LogP contribution in [0.4, 0.5) is 13.2 Å². The standard InChI is InChI=1S/C9H8F3N3O3/c10-9(11,12)8(17)18-7(16)6-1-2-14-15(6)5-3-13-4-5/h1-2,5,13H,3-4H2. The Morgan fingerprint density at radius 1 is 1.44 bits per heavy atom. The summed E-state index contributed by atoms with van der Waals surface area (Å²) in [5.41, 5.74) is -0.181. The van der Waals surface area contributed by atoms with E-state index in [1.54, 1.807) is 0 Å². The highest BCUT2D eigenvalue weighted by Crippen LogP contribution is 2.19. The lowest BCUT2D eigenvalue weighted by Gasteiger charge is -2.28. The largest absolute Gasteiger partial charge is 0.491 e. The molecule has 0 bridgehead atoms. The molecule has 0 spiro atoms. The van der Waals surface area contributed by atoms with Gasteiger partial charge in [0, 0.05) is 19.3 Å². The normalized spacial score (nSPS) is 16.2. The maximum absolute atomic E-state index is 11.9. The first-order chi connectivity index (χ1) is 8.39. The van der Waals surface area contributed by atoms with Gasteiger partial charge in [-0.25, -0.2) is 9.59 Å². The number of esters is 2. The minimum atomic E-state index is -5.20. The Labute approximate surface area is 98.7 Å². The van der Waals surface area contributed by atoms with Gasteiger partial charge in [-0.2, -0.15) is 18.3 Å². The summed E-state index contributed by atoms with van der Waals surface area (Å²) in [5.74, 6) is -3.89. The van der Waals surface area contributed by atoms with Gasteiger partial charge in [0.25, 0.3) is 0 Å². The van der Waals surface area contributed by atoms with Gasteiger partial charge >= 0.3 is 18.1 Å². The smallest absolute Gasteiger partial charge is 0.381 e. The average molecular weight is 263 g/mol. The van der Waals surface area contributed by atoms with E-state index in [4.69, 9.17) is 0 Å². The molecule has 0 unspecified atom stereocenters. The average Bonchev–Trinajstić information content (AvgIpc) is 2.62. The van der Waals surface area contributed by atoms with E-state index in [1.165, 1.54) is 16.9 Å². The lowest BCUT2D eigenvalue weighted by Crippen LogP contribution is -2.45. The van der Waals surface area contributed by atoms with E-state index >= 15 is 0 Å². The number of nitrogens with zero attached hydrogens (tertiary/aromatic N) is 2. The predicted molar refractivity (Wildman–Crippen MR) is 50.6 cm³/mol. The molecule has 0 aliphatic carbocycles. The second-order valence-electron chi connectivity index (χ2n) is 3.65. The molecular weight excluding hydrogens is 255 g/mol. The molecule has 1 aliphatic heterocycles. The number of aromatic nitrogens is 2. The molecule has 6 nitrogen and oxygen atoms in total. The number of nitrogens with one attached hydrogen (secondary N) is 1. The molecule has 0 aromatic carbocycles. The number of rotatable bonds is 2. The van der Waals surface area contributed by atoms with Gasteiger partial charge in [-0.1, -0.05) is 0 Å². The summed E-state index contributed by atoms with van der Waals surface area (Å²) in [4.78, 5) is 21.9. The van der Waals surface area contributed by atoms with E-state index in [0.717, 1.165) is 0 Å². The lowest BCUT2D eigenvalue weighted by molar-refractivity contribution is -0.193. The highest BCUT2D eigenvalue weighted by molar-refractivity contribution is 5.97. The molecule has 18 heavy (non-hydrogen) atoms.